The average molecular weight is 219 g/mol. The molecule has 0 aliphatic carbocycles. The molecular weight excluding hydrogens is 198 g/mol. The van der Waals surface area contributed by atoms with Crippen LogP contribution in [0.4, 0.5) is 0 Å². The monoisotopic (exact) mass is 219 g/mol. The van der Waals surface area contributed by atoms with E-state index in [1.54, 1.807) is 0 Å². The van der Waals surface area contributed by atoms with Crippen LogP contribution in [0.15, 0.2) is 0 Å². The lowest BCUT2D eigenvalue weighted by atomic mass is 10.1. The van der Waals surface area contributed by atoms with Gasteiger partial charge in [-0.1, -0.05) is 13.8 Å². The minimum Gasteiger partial charge on any atom is -0.377 e. The second-order valence-corrected chi connectivity index (χ2v) is 6.06. The zero-order valence-corrected chi connectivity index (χ0v) is 10.0. The molecule has 3 nitrogen and oxygen atoms in total. The fourth-order valence-corrected chi connectivity index (χ4v) is 3.44. The fourth-order valence-electron chi connectivity index (χ4n) is 1.56. The van der Waals surface area contributed by atoms with Crippen molar-refractivity contribution in [2.45, 2.75) is 44.6 Å². The zero-order chi connectivity index (χ0) is 10.7. The van der Waals surface area contributed by atoms with E-state index in [2.05, 4.69) is 13.8 Å². The first-order valence-corrected chi connectivity index (χ1v) is 6.65. The van der Waals surface area contributed by atoms with Crippen molar-refractivity contribution >= 4 is 10.8 Å². The molecular formula is C10H21NO2S. The first-order valence-electron chi connectivity index (χ1n) is 5.26. The molecule has 2 N–H and O–H groups in total. The maximum atomic E-state index is 11.9. The summed E-state index contributed by atoms with van der Waals surface area (Å²) in [6.45, 7) is 6.87. The molecule has 0 spiro atoms. The smallest absolute Gasteiger partial charge is 0.0691 e. The normalized spacial score (nSPS) is 32.1. The Morgan fingerprint density at radius 3 is 2.64 bits per heavy atom. The summed E-state index contributed by atoms with van der Waals surface area (Å²) < 4.78 is 17.3. The SMILES string of the molecule is CC(C)C(N)CS(=O)C1CCOC1C. The first kappa shape index (κ1) is 12.1. The summed E-state index contributed by atoms with van der Waals surface area (Å²) in [4.78, 5) is 0. The van der Waals surface area contributed by atoms with Crippen molar-refractivity contribution in [3.63, 3.8) is 0 Å². The third kappa shape index (κ3) is 3.04. The second-order valence-electron chi connectivity index (χ2n) is 4.36. The highest BCUT2D eigenvalue weighted by atomic mass is 32.2. The van der Waals surface area contributed by atoms with Gasteiger partial charge in [0.05, 0.1) is 11.4 Å². The van der Waals surface area contributed by atoms with Gasteiger partial charge in [-0.3, -0.25) is 4.21 Å². The van der Waals surface area contributed by atoms with Gasteiger partial charge in [-0.2, -0.15) is 0 Å². The Labute approximate surface area is 88.8 Å². The van der Waals surface area contributed by atoms with Crippen LogP contribution in [0, 0.1) is 5.92 Å². The first-order chi connectivity index (χ1) is 6.52. The number of nitrogens with two attached hydrogens (primary N) is 1. The molecule has 1 aliphatic heterocycles. The summed E-state index contributed by atoms with van der Waals surface area (Å²) in [5.74, 6) is 1.01. The Hall–Kier alpha value is 0.0700. The highest BCUT2D eigenvalue weighted by Crippen LogP contribution is 2.19. The predicted octanol–water partition coefficient (Wildman–Crippen LogP) is 0.896. The highest BCUT2D eigenvalue weighted by molar-refractivity contribution is 7.85. The molecule has 4 unspecified atom stereocenters. The topological polar surface area (TPSA) is 52.3 Å². The van der Waals surface area contributed by atoms with Gasteiger partial charge in [0.15, 0.2) is 0 Å². The lowest BCUT2D eigenvalue weighted by molar-refractivity contribution is 0.127. The summed E-state index contributed by atoms with van der Waals surface area (Å²) in [6.07, 6.45) is 1.05. The highest BCUT2D eigenvalue weighted by Gasteiger charge is 2.30. The zero-order valence-electron chi connectivity index (χ0n) is 9.23. The molecule has 14 heavy (non-hydrogen) atoms. The molecule has 1 heterocycles. The molecule has 0 aromatic rings. The molecule has 0 aromatic heterocycles. The van der Waals surface area contributed by atoms with Gasteiger partial charge in [0.2, 0.25) is 0 Å². The van der Waals surface area contributed by atoms with Gasteiger partial charge in [-0.25, -0.2) is 0 Å². The maximum absolute atomic E-state index is 11.9. The van der Waals surface area contributed by atoms with E-state index in [4.69, 9.17) is 10.5 Å². The summed E-state index contributed by atoms with van der Waals surface area (Å²) in [5.41, 5.74) is 5.90. The second kappa shape index (κ2) is 5.24. The van der Waals surface area contributed by atoms with Crippen molar-refractivity contribution < 1.29 is 8.95 Å². The molecule has 0 saturated carbocycles. The van der Waals surface area contributed by atoms with Gasteiger partial charge in [0.1, 0.15) is 0 Å². The van der Waals surface area contributed by atoms with E-state index in [1.807, 2.05) is 6.92 Å². The molecule has 84 valence electrons. The predicted molar refractivity (Wildman–Crippen MR) is 59.6 cm³/mol. The third-order valence-corrected chi connectivity index (χ3v) is 4.87. The van der Waals surface area contributed by atoms with Crippen molar-refractivity contribution in [3.8, 4) is 0 Å². The molecule has 4 atom stereocenters. The molecule has 1 fully saturated rings. The Morgan fingerprint density at radius 2 is 2.21 bits per heavy atom. The van der Waals surface area contributed by atoms with Crippen molar-refractivity contribution in [2.75, 3.05) is 12.4 Å². The summed E-state index contributed by atoms with van der Waals surface area (Å²) in [5, 5.41) is 0.194. The Bertz CT molecular complexity index is 208. The summed E-state index contributed by atoms with van der Waals surface area (Å²) in [7, 11) is -0.826. The number of hydrogen-bond acceptors (Lipinski definition) is 3. The maximum Gasteiger partial charge on any atom is 0.0691 e. The van der Waals surface area contributed by atoms with Gasteiger partial charge in [0.25, 0.3) is 0 Å². The van der Waals surface area contributed by atoms with E-state index in [9.17, 15) is 4.21 Å². The van der Waals surface area contributed by atoms with Crippen LogP contribution in [0.1, 0.15) is 27.2 Å². The molecule has 1 rings (SSSR count). The van der Waals surface area contributed by atoms with E-state index in [0.717, 1.165) is 13.0 Å². The Balaban J connectivity index is 2.41. The van der Waals surface area contributed by atoms with Gasteiger partial charge in [-0.05, 0) is 19.3 Å². The van der Waals surface area contributed by atoms with Gasteiger partial charge in [-0.15, -0.1) is 0 Å². The van der Waals surface area contributed by atoms with Crippen LogP contribution in [0.2, 0.25) is 0 Å². The van der Waals surface area contributed by atoms with Crippen LogP contribution in [0.3, 0.4) is 0 Å². The van der Waals surface area contributed by atoms with Crippen LogP contribution in [-0.4, -0.2) is 34.0 Å². The quantitative estimate of drug-likeness (QED) is 0.764. The molecule has 0 bridgehead atoms. The number of rotatable bonds is 4. The van der Waals surface area contributed by atoms with Gasteiger partial charge < -0.3 is 10.5 Å². The molecule has 1 saturated heterocycles. The van der Waals surface area contributed by atoms with Crippen LogP contribution in [0.5, 0.6) is 0 Å². The van der Waals surface area contributed by atoms with Crippen LogP contribution >= 0.6 is 0 Å². The Morgan fingerprint density at radius 1 is 1.57 bits per heavy atom. The molecule has 0 radical (unpaired) electrons. The van der Waals surface area contributed by atoms with E-state index >= 15 is 0 Å². The van der Waals surface area contributed by atoms with E-state index in [0.29, 0.717) is 11.7 Å². The summed E-state index contributed by atoms with van der Waals surface area (Å²) in [6, 6.07) is 0.0450. The standard InChI is InChI=1S/C10H21NO2S/c1-7(2)9(11)6-14(12)10-4-5-13-8(10)3/h7-10H,4-6,11H2,1-3H3. The van der Waals surface area contributed by atoms with Crippen molar-refractivity contribution in [1.82, 2.24) is 0 Å². The molecule has 1 aliphatic rings. The van der Waals surface area contributed by atoms with Gasteiger partial charge in [0, 0.05) is 29.2 Å². The van der Waals surface area contributed by atoms with Crippen molar-refractivity contribution in [1.29, 1.82) is 0 Å². The minimum absolute atomic E-state index is 0.0450. The van der Waals surface area contributed by atoms with E-state index < -0.39 is 10.8 Å². The molecule has 0 amide bonds. The minimum atomic E-state index is -0.826. The van der Waals surface area contributed by atoms with Crippen molar-refractivity contribution in [2.24, 2.45) is 11.7 Å². The average Bonchev–Trinajstić information content (AvgIpc) is 2.51. The Kier molecular flexibility index (Phi) is 4.54. The molecule has 4 heteroatoms. The lowest BCUT2D eigenvalue weighted by Crippen LogP contribution is -2.37. The van der Waals surface area contributed by atoms with E-state index in [-0.39, 0.29) is 17.4 Å². The fraction of sp³-hybridized carbons (Fsp3) is 1.00. The van der Waals surface area contributed by atoms with Crippen LogP contribution in [-0.2, 0) is 15.5 Å². The van der Waals surface area contributed by atoms with Gasteiger partial charge >= 0.3 is 0 Å². The van der Waals surface area contributed by atoms with Crippen LogP contribution < -0.4 is 5.73 Å². The van der Waals surface area contributed by atoms with Crippen molar-refractivity contribution in [3.05, 3.63) is 0 Å². The third-order valence-electron chi connectivity index (χ3n) is 2.86. The molecule has 0 aromatic carbocycles. The lowest BCUT2D eigenvalue weighted by Gasteiger charge is -2.19. The number of ether oxygens (including phenoxy) is 1. The van der Waals surface area contributed by atoms with E-state index in [1.165, 1.54) is 0 Å². The number of hydrogen-bond donors (Lipinski definition) is 1. The largest absolute Gasteiger partial charge is 0.377 e. The summed E-state index contributed by atoms with van der Waals surface area (Å²) >= 11 is 0. The van der Waals surface area contributed by atoms with Crippen LogP contribution in [0.25, 0.3) is 0 Å².